The zero-order valence-electron chi connectivity index (χ0n) is 14.5. The molecule has 3 aromatic carbocycles. The fraction of sp³-hybridized carbons (Fsp3) is 0. The number of hydrogen-bond donors (Lipinski definition) is 1. The van der Waals surface area contributed by atoms with Crippen LogP contribution in [0, 0.1) is 0 Å². The Bertz CT molecular complexity index is 1280. The number of rotatable bonds is 3. The van der Waals surface area contributed by atoms with Gasteiger partial charge in [-0.1, -0.05) is 46.3 Å². The fourth-order valence-electron chi connectivity index (χ4n) is 2.94. The molecular formula is C22H14Br2N2O2. The van der Waals surface area contributed by atoms with E-state index in [1.54, 1.807) is 41.0 Å². The highest BCUT2D eigenvalue weighted by molar-refractivity contribution is 9.11. The van der Waals surface area contributed by atoms with Gasteiger partial charge in [-0.05, 0) is 64.5 Å². The van der Waals surface area contributed by atoms with Gasteiger partial charge in [-0.3, -0.25) is 9.36 Å². The lowest BCUT2D eigenvalue weighted by atomic mass is 10.2. The van der Waals surface area contributed by atoms with Gasteiger partial charge < -0.3 is 5.11 Å². The summed E-state index contributed by atoms with van der Waals surface area (Å²) in [4.78, 5) is 18.0. The second kappa shape index (κ2) is 7.73. The van der Waals surface area contributed by atoms with Crippen LogP contribution < -0.4 is 5.56 Å². The maximum absolute atomic E-state index is 13.3. The maximum Gasteiger partial charge on any atom is 0.266 e. The fourth-order valence-corrected chi connectivity index (χ4v) is 3.72. The topological polar surface area (TPSA) is 55.1 Å². The Labute approximate surface area is 178 Å². The van der Waals surface area contributed by atoms with Crippen LogP contribution in [0.2, 0.25) is 0 Å². The van der Waals surface area contributed by atoms with E-state index in [2.05, 4.69) is 36.8 Å². The molecular weight excluding hydrogens is 484 g/mol. The zero-order valence-corrected chi connectivity index (χ0v) is 17.7. The van der Waals surface area contributed by atoms with Gasteiger partial charge in [-0.2, -0.15) is 0 Å². The second-order valence-electron chi connectivity index (χ2n) is 6.12. The van der Waals surface area contributed by atoms with Gasteiger partial charge in [-0.15, -0.1) is 0 Å². The van der Waals surface area contributed by atoms with Crippen LogP contribution in [0.15, 0.2) is 80.5 Å². The third kappa shape index (κ3) is 3.53. The van der Waals surface area contributed by atoms with Crippen LogP contribution in [-0.4, -0.2) is 14.7 Å². The summed E-state index contributed by atoms with van der Waals surface area (Å²) in [6.45, 7) is 0. The molecule has 0 aliphatic carbocycles. The van der Waals surface area contributed by atoms with Gasteiger partial charge in [0.05, 0.1) is 16.6 Å². The van der Waals surface area contributed by atoms with Crippen molar-refractivity contribution in [3.05, 3.63) is 97.4 Å². The molecule has 0 saturated carbocycles. The van der Waals surface area contributed by atoms with E-state index in [1.807, 2.05) is 42.5 Å². The van der Waals surface area contributed by atoms with Crippen molar-refractivity contribution in [1.29, 1.82) is 0 Å². The molecule has 0 saturated heterocycles. The lowest BCUT2D eigenvalue weighted by molar-refractivity contribution is 0.474. The highest BCUT2D eigenvalue weighted by Crippen LogP contribution is 2.26. The third-order valence-corrected chi connectivity index (χ3v) is 5.46. The second-order valence-corrected chi connectivity index (χ2v) is 7.89. The summed E-state index contributed by atoms with van der Waals surface area (Å²) in [5.41, 5.74) is 1.77. The quantitative estimate of drug-likeness (QED) is 0.390. The first-order chi connectivity index (χ1) is 13.5. The predicted octanol–water partition coefficient (Wildman–Crippen LogP) is 5.79. The Morgan fingerprint density at radius 1 is 0.929 bits per heavy atom. The standard InChI is InChI=1S/C22H14Br2N2O2/c23-15-10-11-17(24)19(13-15)26-21(12-9-14-5-1-4-8-20(14)27)25-18-7-3-2-6-16(18)22(26)28/h1-13,27H. The molecule has 0 atom stereocenters. The number of benzene rings is 3. The summed E-state index contributed by atoms with van der Waals surface area (Å²) >= 11 is 7.00. The Morgan fingerprint density at radius 2 is 1.68 bits per heavy atom. The molecule has 6 heteroatoms. The van der Waals surface area contributed by atoms with Gasteiger partial charge in [0.15, 0.2) is 0 Å². The van der Waals surface area contributed by atoms with Crippen molar-refractivity contribution in [3.8, 4) is 11.4 Å². The smallest absolute Gasteiger partial charge is 0.266 e. The van der Waals surface area contributed by atoms with Crippen LogP contribution in [0.1, 0.15) is 11.4 Å². The number of aromatic hydroxyl groups is 1. The Morgan fingerprint density at radius 3 is 2.50 bits per heavy atom. The van der Waals surface area contributed by atoms with Crippen LogP contribution in [-0.2, 0) is 0 Å². The first-order valence-electron chi connectivity index (χ1n) is 8.48. The number of fused-ring (bicyclic) bond motifs is 1. The van der Waals surface area contributed by atoms with E-state index in [4.69, 9.17) is 0 Å². The lowest BCUT2D eigenvalue weighted by Crippen LogP contribution is -2.22. The van der Waals surface area contributed by atoms with E-state index in [1.165, 1.54) is 0 Å². The largest absolute Gasteiger partial charge is 0.507 e. The van der Waals surface area contributed by atoms with Crippen molar-refractivity contribution in [2.75, 3.05) is 0 Å². The van der Waals surface area contributed by atoms with Crippen LogP contribution in [0.25, 0.3) is 28.7 Å². The van der Waals surface area contributed by atoms with Crippen LogP contribution in [0.3, 0.4) is 0 Å². The lowest BCUT2D eigenvalue weighted by Gasteiger charge is -2.13. The maximum atomic E-state index is 13.3. The Hall–Kier alpha value is -2.70. The van der Waals surface area contributed by atoms with E-state index >= 15 is 0 Å². The molecule has 1 aromatic heterocycles. The van der Waals surface area contributed by atoms with E-state index in [0.29, 0.717) is 28.0 Å². The van der Waals surface area contributed by atoms with Gasteiger partial charge in [0.1, 0.15) is 11.6 Å². The third-order valence-electron chi connectivity index (χ3n) is 4.30. The summed E-state index contributed by atoms with van der Waals surface area (Å²) < 4.78 is 3.18. The van der Waals surface area contributed by atoms with Gasteiger partial charge in [-0.25, -0.2) is 4.98 Å². The molecule has 28 heavy (non-hydrogen) atoms. The van der Waals surface area contributed by atoms with E-state index in [-0.39, 0.29) is 11.3 Å². The molecule has 4 nitrogen and oxygen atoms in total. The minimum atomic E-state index is -0.165. The molecule has 0 amide bonds. The number of phenolic OH excluding ortho intramolecular Hbond substituents is 1. The number of para-hydroxylation sites is 2. The molecule has 138 valence electrons. The number of hydrogen-bond acceptors (Lipinski definition) is 3. The average Bonchev–Trinajstić information content (AvgIpc) is 2.70. The molecule has 0 aliphatic rings. The van der Waals surface area contributed by atoms with Gasteiger partial charge in [0.2, 0.25) is 0 Å². The van der Waals surface area contributed by atoms with Crippen molar-refractivity contribution in [2.24, 2.45) is 0 Å². The molecule has 0 radical (unpaired) electrons. The minimum Gasteiger partial charge on any atom is -0.507 e. The van der Waals surface area contributed by atoms with Crippen LogP contribution in [0.5, 0.6) is 5.75 Å². The molecule has 0 bridgehead atoms. The highest BCUT2D eigenvalue weighted by Gasteiger charge is 2.14. The van der Waals surface area contributed by atoms with E-state index < -0.39 is 0 Å². The first kappa shape index (κ1) is 18.7. The summed E-state index contributed by atoms with van der Waals surface area (Å²) in [6, 6.07) is 19.9. The minimum absolute atomic E-state index is 0.164. The van der Waals surface area contributed by atoms with Gasteiger partial charge in [0, 0.05) is 14.5 Å². The zero-order chi connectivity index (χ0) is 19.7. The first-order valence-corrected chi connectivity index (χ1v) is 10.1. The molecule has 0 spiro atoms. The summed E-state index contributed by atoms with van der Waals surface area (Å²) in [6.07, 6.45) is 3.48. The molecule has 1 heterocycles. The molecule has 0 unspecified atom stereocenters. The summed E-state index contributed by atoms with van der Waals surface area (Å²) in [7, 11) is 0. The molecule has 0 fully saturated rings. The summed E-state index contributed by atoms with van der Waals surface area (Å²) in [5, 5.41) is 10.6. The molecule has 4 aromatic rings. The number of aromatic nitrogens is 2. The summed E-state index contributed by atoms with van der Waals surface area (Å²) in [5.74, 6) is 0.628. The normalized spacial score (nSPS) is 11.4. The Kier molecular flexibility index (Phi) is 5.15. The monoisotopic (exact) mass is 496 g/mol. The van der Waals surface area contributed by atoms with Gasteiger partial charge >= 0.3 is 0 Å². The van der Waals surface area contributed by atoms with Crippen molar-refractivity contribution >= 4 is 54.9 Å². The van der Waals surface area contributed by atoms with Crippen molar-refractivity contribution < 1.29 is 5.11 Å². The predicted molar refractivity (Wildman–Crippen MR) is 120 cm³/mol. The highest BCUT2D eigenvalue weighted by atomic mass is 79.9. The molecule has 0 aliphatic heterocycles. The van der Waals surface area contributed by atoms with E-state index in [9.17, 15) is 9.90 Å². The van der Waals surface area contributed by atoms with Crippen molar-refractivity contribution in [3.63, 3.8) is 0 Å². The number of phenols is 1. The number of nitrogens with zero attached hydrogens (tertiary/aromatic N) is 2. The average molecular weight is 498 g/mol. The number of halogens is 2. The molecule has 4 rings (SSSR count). The van der Waals surface area contributed by atoms with Crippen LogP contribution >= 0.6 is 31.9 Å². The molecule has 1 N–H and O–H groups in total. The van der Waals surface area contributed by atoms with E-state index in [0.717, 1.165) is 8.95 Å². The van der Waals surface area contributed by atoms with Crippen LogP contribution in [0.4, 0.5) is 0 Å². The Balaban J connectivity index is 2.00. The van der Waals surface area contributed by atoms with Gasteiger partial charge in [0.25, 0.3) is 5.56 Å². The van der Waals surface area contributed by atoms with Crippen molar-refractivity contribution in [2.45, 2.75) is 0 Å². The van der Waals surface area contributed by atoms with Crippen molar-refractivity contribution in [1.82, 2.24) is 9.55 Å². The SMILES string of the molecule is O=c1c2ccccc2nc(C=Cc2ccccc2O)n1-c1cc(Br)ccc1Br.